The first kappa shape index (κ1) is 26.3. The molecule has 188 valence electrons. The van der Waals surface area contributed by atoms with E-state index in [1.807, 2.05) is 38.1 Å². The number of nitrogens with one attached hydrogen (secondary N) is 1. The number of benzene rings is 2. The SMILES string of the molecule is CCN(C(=O)CC(CNC(=O)OCC1c2ccccc2-c2ccccc21)C(C)C)C(C)(C)C(=O)O. The highest BCUT2D eigenvalue weighted by Crippen LogP contribution is 2.44. The quantitative estimate of drug-likeness (QED) is 0.504. The van der Waals surface area contributed by atoms with Crippen molar-refractivity contribution in [2.45, 2.75) is 52.5 Å². The number of amides is 2. The lowest BCUT2D eigenvalue weighted by atomic mass is 9.91. The zero-order valence-corrected chi connectivity index (χ0v) is 21.2. The molecule has 0 saturated heterocycles. The molecule has 1 aliphatic rings. The predicted molar refractivity (Wildman–Crippen MR) is 135 cm³/mol. The van der Waals surface area contributed by atoms with Crippen molar-refractivity contribution in [3.63, 3.8) is 0 Å². The first-order valence-corrected chi connectivity index (χ1v) is 12.2. The van der Waals surface area contributed by atoms with Gasteiger partial charge in [-0.3, -0.25) is 4.79 Å². The van der Waals surface area contributed by atoms with Gasteiger partial charge in [-0.05, 0) is 54.9 Å². The third-order valence-electron chi connectivity index (χ3n) is 7.05. The van der Waals surface area contributed by atoms with Gasteiger partial charge in [0.05, 0.1) is 0 Å². The third-order valence-corrected chi connectivity index (χ3v) is 7.05. The number of likely N-dealkylation sites (N-methyl/N-ethyl adjacent to an activating group) is 1. The second kappa shape index (κ2) is 10.9. The molecule has 2 aromatic rings. The Hall–Kier alpha value is -3.35. The summed E-state index contributed by atoms with van der Waals surface area (Å²) < 4.78 is 5.61. The van der Waals surface area contributed by atoms with Crippen molar-refractivity contribution in [1.29, 1.82) is 0 Å². The fraction of sp³-hybridized carbons (Fsp3) is 0.464. The predicted octanol–water partition coefficient (Wildman–Crippen LogP) is 4.90. The Morgan fingerprint density at radius 1 is 1.03 bits per heavy atom. The van der Waals surface area contributed by atoms with Crippen molar-refractivity contribution in [1.82, 2.24) is 10.2 Å². The van der Waals surface area contributed by atoms with Gasteiger partial charge < -0.3 is 20.1 Å². The molecular formula is C28H36N2O5. The topological polar surface area (TPSA) is 95.9 Å². The van der Waals surface area contributed by atoms with E-state index in [1.165, 1.54) is 29.9 Å². The maximum atomic E-state index is 12.9. The Morgan fingerprint density at radius 2 is 1.57 bits per heavy atom. The molecule has 2 amide bonds. The zero-order valence-electron chi connectivity index (χ0n) is 21.2. The van der Waals surface area contributed by atoms with Crippen LogP contribution in [-0.2, 0) is 14.3 Å². The molecule has 2 N–H and O–H groups in total. The second-order valence-electron chi connectivity index (χ2n) is 9.92. The Bertz CT molecular complexity index is 1030. The standard InChI is InChI=1S/C28H36N2O5/c1-6-30(28(4,5)26(32)33)25(31)15-19(18(2)3)16-29-27(34)35-17-24-22-13-9-7-11-20(22)21-12-8-10-14-23(21)24/h7-14,18-19,24H,6,15-17H2,1-5H3,(H,29,34)(H,32,33). The third kappa shape index (κ3) is 5.66. The average Bonchev–Trinajstić information content (AvgIpc) is 3.14. The maximum absolute atomic E-state index is 12.9. The normalized spacial score (nSPS) is 13.7. The molecule has 2 aromatic carbocycles. The van der Waals surface area contributed by atoms with Crippen molar-refractivity contribution < 1.29 is 24.2 Å². The summed E-state index contributed by atoms with van der Waals surface area (Å²) in [5.74, 6) is -1.36. The first-order valence-electron chi connectivity index (χ1n) is 12.2. The van der Waals surface area contributed by atoms with Gasteiger partial charge in [-0.25, -0.2) is 9.59 Å². The minimum Gasteiger partial charge on any atom is -0.480 e. The minimum absolute atomic E-state index is 0.0213. The lowest BCUT2D eigenvalue weighted by Crippen LogP contribution is -2.53. The summed E-state index contributed by atoms with van der Waals surface area (Å²) in [6, 6.07) is 16.3. The van der Waals surface area contributed by atoms with E-state index in [2.05, 4.69) is 29.6 Å². The van der Waals surface area contributed by atoms with Crippen molar-refractivity contribution in [3.8, 4) is 11.1 Å². The second-order valence-corrected chi connectivity index (χ2v) is 9.92. The summed E-state index contributed by atoms with van der Waals surface area (Å²) in [7, 11) is 0. The molecule has 7 heteroatoms. The summed E-state index contributed by atoms with van der Waals surface area (Å²) >= 11 is 0. The van der Waals surface area contributed by atoms with Crippen LogP contribution in [0.4, 0.5) is 4.79 Å². The number of carbonyl (C=O) groups is 3. The van der Waals surface area contributed by atoms with E-state index < -0.39 is 17.6 Å². The first-order chi connectivity index (χ1) is 16.6. The molecular weight excluding hydrogens is 444 g/mol. The summed E-state index contributed by atoms with van der Waals surface area (Å²) in [5.41, 5.74) is 3.33. The summed E-state index contributed by atoms with van der Waals surface area (Å²) in [6.45, 7) is 9.56. The van der Waals surface area contributed by atoms with Gasteiger partial charge in [0.15, 0.2) is 0 Å². The fourth-order valence-electron chi connectivity index (χ4n) is 4.74. The number of alkyl carbamates (subject to hydrolysis) is 1. The van der Waals surface area contributed by atoms with Gasteiger partial charge in [0.25, 0.3) is 0 Å². The van der Waals surface area contributed by atoms with Gasteiger partial charge in [-0.15, -0.1) is 0 Å². The van der Waals surface area contributed by atoms with E-state index in [0.29, 0.717) is 6.54 Å². The van der Waals surface area contributed by atoms with Gasteiger partial charge in [0, 0.05) is 25.4 Å². The van der Waals surface area contributed by atoms with Crippen LogP contribution in [-0.4, -0.2) is 53.2 Å². The van der Waals surface area contributed by atoms with Crippen molar-refractivity contribution in [2.24, 2.45) is 11.8 Å². The summed E-state index contributed by atoms with van der Waals surface area (Å²) in [6.07, 6.45) is -0.380. The number of rotatable bonds is 10. The maximum Gasteiger partial charge on any atom is 0.407 e. The molecule has 7 nitrogen and oxygen atoms in total. The number of carboxylic acid groups (broad SMARTS) is 1. The fourth-order valence-corrected chi connectivity index (χ4v) is 4.74. The number of nitrogens with zero attached hydrogens (tertiary/aromatic N) is 1. The molecule has 1 aliphatic carbocycles. The van der Waals surface area contributed by atoms with Crippen LogP contribution in [0.25, 0.3) is 11.1 Å². The van der Waals surface area contributed by atoms with Crippen LogP contribution in [0.2, 0.25) is 0 Å². The molecule has 1 atom stereocenters. The van der Waals surface area contributed by atoms with Gasteiger partial charge in [0.2, 0.25) is 5.91 Å². The van der Waals surface area contributed by atoms with Gasteiger partial charge in [0.1, 0.15) is 12.1 Å². The van der Waals surface area contributed by atoms with Crippen molar-refractivity contribution in [2.75, 3.05) is 19.7 Å². The molecule has 0 spiro atoms. The molecule has 0 heterocycles. The molecule has 0 fully saturated rings. The van der Waals surface area contributed by atoms with E-state index in [1.54, 1.807) is 6.92 Å². The van der Waals surface area contributed by atoms with Crippen LogP contribution in [0.5, 0.6) is 0 Å². The number of fused-ring (bicyclic) bond motifs is 3. The number of hydrogen-bond donors (Lipinski definition) is 2. The number of carbonyl (C=O) groups excluding carboxylic acids is 2. The van der Waals surface area contributed by atoms with Crippen molar-refractivity contribution >= 4 is 18.0 Å². The molecule has 0 bridgehead atoms. The van der Waals surface area contributed by atoms with Crippen LogP contribution in [0.1, 0.15) is 58.1 Å². The van der Waals surface area contributed by atoms with Crippen LogP contribution >= 0.6 is 0 Å². The molecule has 0 radical (unpaired) electrons. The van der Waals surface area contributed by atoms with E-state index in [-0.39, 0.29) is 43.2 Å². The monoisotopic (exact) mass is 480 g/mol. The molecule has 1 unspecified atom stereocenters. The van der Waals surface area contributed by atoms with E-state index in [0.717, 1.165) is 11.1 Å². The molecule has 35 heavy (non-hydrogen) atoms. The Kier molecular flexibility index (Phi) is 8.20. The molecule has 3 rings (SSSR count). The number of hydrogen-bond acceptors (Lipinski definition) is 4. The molecule has 0 saturated carbocycles. The van der Waals surface area contributed by atoms with Crippen molar-refractivity contribution in [3.05, 3.63) is 59.7 Å². The van der Waals surface area contributed by atoms with Crippen LogP contribution in [0.15, 0.2) is 48.5 Å². The van der Waals surface area contributed by atoms with Gasteiger partial charge >= 0.3 is 12.1 Å². The van der Waals surface area contributed by atoms with E-state index >= 15 is 0 Å². The van der Waals surface area contributed by atoms with Crippen LogP contribution < -0.4 is 5.32 Å². The van der Waals surface area contributed by atoms with Crippen LogP contribution in [0, 0.1) is 11.8 Å². The molecule has 0 aliphatic heterocycles. The Balaban J connectivity index is 1.59. The van der Waals surface area contributed by atoms with E-state index in [4.69, 9.17) is 4.74 Å². The lowest BCUT2D eigenvalue weighted by molar-refractivity contribution is -0.157. The zero-order chi connectivity index (χ0) is 25.8. The smallest absolute Gasteiger partial charge is 0.407 e. The highest BCUT2D eigenvalue weighted by atomic mass is 16.5. The van der Waals surface area contributed by atoms with Crippen LogP contribution in [0.3, 0.4) is 0 Å². The Morgan fingerprint density at radius 3 is 2.06 bits per heavy atom. The highest BCUT2D eigenvalue weighted by molar-refractivity contribution is 5.86. The minimum atomic E-state index is -1.30. The average molecular weight is 481 g/mol. The number of ether oxygens (including phenoxy) is 1. The highest BCUT2D eigenvalue weighted by Gasteiger charge is 2.37. The summed E-state index contributed by atoms with van der Waals surface area (Å²) in [5, 5.41) is 12.3. The van der Waals surface area contributed by atoms with Gasteiger partial charge in [-0.2, -0.15) is 0 Å². The number of carboxylic acids is 1. The van der Waals surface area contributed by atoms with Gasteiger partial charge in [-0.1, -0.05) is 62.4 Å². The largest absolute Gasteiger partial charge is 0.480 e. The van der Waals surface area contributed by atoms with E-state index in [9.17, 15) is 19.5 Å². The number of aliphatic carboxylic acids is 1. The summed E-state index contributed by atoms with van der Waals surface area (Å²) in [4.78, 5) is 38.5. The molecule has 0 aromatic heterocycles. The lowest BCUT2D eigenvalue weighted by Gasteiger charge is -2.35. The Labute approximate surface area is 207 Å².